The summed E-state index contributed by atoms with van der Waals surface area (Å²) in [7, 11) is 0. The summed E-state index contributed by atoms with van der Waals surface area (Å²) in [5.41, 5.74) is 7.40. The van der Waals surface area contributed by atoms with Crippen LogP contribution in [-0.2, 0) is 19.1 Å². The van der Waals surface area contributed by atoms with Gasteiger partial charge in [-0.3, -0.25) is 9.36 Å². The Kier molecular flexibility index (Phi) is 7.68. The number of fused-ring (bicyclic) bond motifs is 1. The van der Waals surface area contributed by atoms with Crippen molar-refractivity contribution >= 4 is 63.9 Å². The van der Waals surface area contributed by atoms with Crippen LogP contribution in [0.4, 0.5) is 0 Å². The van der Waals surface area contributed by atoms with Gasteiger partial charge in [0.2, 0.25) is 0 Å². The standard InChI is InChI=1S/C26H22Cl2N2O5S/c1-3-34-25(32)20-19(15-7-11-17(28)12-8-15)21(26(33)35-4-2)24-30(22(20)29)23(31)18(36-24)13-14-5-9-16(27)10-6-14/h5-13,19H,3-4,29H2,1-2H3/b18-13-. The van der Waals surface area contributed by atoms with E-state index in [1.54, 1.807) is 68.5 Å². The van der Waals surface area contributed by atoms with Gasteiger partial charge < -0.3 is 15.2 Å². The van der Waals surface area contributed by atoms with Gasteiger partial charge in [0, 0.05) is 10.0 Å². The van der Waals surface area contributed by atoms with Crippen molar-refractivity contribution in [2.24, 2.45) is 5.73 Å². The average Bonchev–Trinajstić information content (AvgIpc) is 3.17. The van der Waals surface area contributed by atoms with Crippen molar-refractivity contribution in [1.82, 2.24) is 4.57 Å². The third-order valence-electron chi connectivity index (χ3n) is 5.51. The number of hydrogen-bond acceptors (Lipinski definition) is 7. The highest BCUT2D eigenvalue weighted by atomic mass is 35.5. The molecule has 1 atom stereocenters. The number of esters is 2. The average molecular weight is 545 g/mol. The molecule has 0 aliphatic carbocycles. The van der Waals surface area contributed by atoms with Gasteiger partial charge in [0.25, 0.3) is 5.56 Å². The molecule has 3 aromatic rings. The van der Waals surface area contributed by atoms with Crippen LogP contribution in [0.15, 0.2) is 58.9 Å². The van der Waals surface area contributed by atoms with Gasteiger partial charge in [-0.15, -0.1) is 11.3 Å². The smallest absolute Gasteiger partial charge is 0.338 e. The highest BCUT2D eigenvalue weighted by Gasteiger charge is 2.39. The fraction of sp³-hybridized carbons (Fsp3) is 0.192. The number of thiazole rings is 1. The maximum atomic E-state index is 13.5. The molecule has 0 spiro atoms. The van der Waals surface area contributed by atoms with Crippen LogP contribution in [0.5, 0.6) is 0 Å². The van der Waals surface area contributed by atoms with Crippen LogP contribution < -0.4 is 20.5 Å². The Bertz CT molecular complexity index is 1540. The summed E-state index contributed by atoms with van der Waals surface area (Å²) < 4.78 is 12.4. The largest absolute Gasteiger partial charge is 0.463 e. The predicted molar refractivity (Wildman–Crippen MR) is 141 cm³/mol. The molecule has 2 N–H and O–H groups in total. The molecular weight excluding hydrogens is 523 g/mol. The van der Waals surface area contributed by atoms with E-state index < -0.39 is 23.4 Å². The topological polar surface area (TPSA) is 101 Å². The van der Waals surface area contributed by atoms with E-state index in [-0.39, 0.29) is 34.8 Å². The molecule has 0 radical (unpaired) electrons. The van der Waals surface area contributed by atoms with E-state index in [1.807, 2.05) is 0 Å². The number of hydrogen-bond donors (Lipinski definition) is 1. The minimum atomic E-state index is -0.929. The lowest BCUT2D eigenvalue weighted by molar-refractivity contribution is -0.138. The Hall–Kier alpha value is -3.33. The lowest BCUT2D eigenvalue weighted by Crippen LogP contribution is -2.42. The number of aromatic nitrogens is 1. The first-order valence-electron chi connectivity index (χ1n) is 11.1. The van der Waals surface area contributed by atoms with Crippen molar-refractivity contribution in [2.75, 3.05) is 13.2 Å². The van der Waals surface area contributed by atoms with E-state index in [4.69, 9.17) is 38.4 Å². The molecular formula is C26H22Cl2N2O5S. The Balaban J connectivity index is 2.10. The predicted octanol–water partition coefficient (Wildman–Crippen LogP) is 3.25. The van der Waals surface area contributed by atoms with Crippen LogP contribution in [0.1, 0.15) is 30.9 Å². The highest BCUT2D eigenvalue weighted by molar-refractivity contribution is 7.07. The summed E-state index contributed by atoms with van der Waals surface area (Å²) in [6.45, 7) is 3.52. The van der Waals surface area contributed by atoms with E-state index in [0.717, 1.165) is 16.9 Å². The second-order valence-corrected chi connectivity index (χ2v) is 9.65. The van der Waals surface area contributed by atoms with E-state index in [1.165, 1.54) is 4.57 Å². The molecule has 10 heteroatoms. The van der Waals surface area contributed by atoms with Gasteiger partial charge in [-0.2, -0.15) is 0 Å². The van der Waals surface area contributed by atoms with E-state index in [9.17, 15) is 14.4 Å². The van der Waals surface area contributed by atoms with Crippen molar-refractivity contribution in [1.29, 1.82) is 0 Å². The molecule has 0 bridgehead atoms. The van der Waals surface area contributed by atoms with Crippen LogP contribution in [-0.4, -0.2) is 29.7 Å². The van der Waals surface area contributed by atoms with Crippen LogP contribution in [0, 0.1) is 0 Å². The Morgan fingerprint density at radius 1 is 0.944 bits per heavy atom. The molecule has 0 saturated heterocycles. The van der Waals surface area contributed by atoms with Crippen LogP contribution in [0.3, 0.4) is 0 Å². The zero-order chi connectivity index (χ0) is 26.0. The minimum absolute atomic E-state index is 0.0207. The summed E-state index contributed by atoms with van der Waals surface area (Å²) in [4.78, 5) is 40.0. The highest BCUT2D eigenvalue weighted by Crippen LogP contribution is 2.38. The molecule has 1 aliphatic rings. The number of benzene rings is 2. The molecule has 0 amide bonds. The molecule has 1 aliphatic heterocycles. The molecule has 1 aromatic heterocycles. The second-order valence-electron chi connectivity index (χ2n) is 7.75. The normalized spacial score (nSPS) is 15.6. The lowest BCUT2D eigenvalue weighted by atomic mass is 9.83. The number of halogens is 2. The summed E-state index contributed by atoms with van der Waals surface area (Å²) in [5, 5.41) is 1.04. The molecule has 4 rings (SSSR count). The Morgan fingerprint density at radius 3 is 2.03 bits per heavy atom. The summed E-state index contributed by atoms with van der Waals surface area (Å²) in [5.74, 6) is -2.43. The Labute approximate surface area is 220 Å². The third kappa shape index (κ3) is 4.84. The molecule has 0 saturated carbocycles. The first-order valence-corrected chi connectivity index (χ1v) is 12.7. The van der Waals surface area contributed by atoms with Gasteiger partial charge in [0.1, 0.15) is 10.5 Å². The van der Waals surface area contributed by atoms with E-state index in [2.05, 4.69) is 0 Å². The van der Waals surface area contributed by atoms with Crippen LogP contribution in [0.2, 0.25) is 10.0 Å². The number of carbonyl (C=O) groups excluding carboxylic acids is 2. The zero-order valence-electron chi connectivity index (χ0n) is 19.4. The number of rotatable bonds is 6. The fourth-order valence-electron chi connectivity index (χ4n) is 3.96. The number of ether oxygens (including phenoxy) is 2. The fourth-order valence-corrected chi connectivity index (χ4v) is 5.38. The first-order chi connectivity index (χ1) is 17.3. The summed E-state index contributed by atoms with van der Waals surface area (Å²) >= 11 is 13.2. The van der Waals surface area contributed by atoms with Crippen molar-refractivity contribution in [2.45, 2.75) is 19.8 Å². The van der Waals surface area contributed by atoms with Crippen molar-refractivity contribution in [3.05, 3.63) is 94.8 Å². The number of carbonyl (C=O) groups is 2. The summed E-state index contributed by atoms with van der Waals surface area (Å²) in [6, 6.07) is 13.6. The van der Waals surface area contributed by atoms with E-state index >= 15 is 0 Å². The zero-order valence-corrected chi connectivity index (χ0v) is 21.7. The van der Waals surface area contributed by atoms with Gasteiger partial charge in [0.15, 0.2) is 0 Å². The first kappa shape index (κ1) is 25.8. The van der Waals surface area contributed by atoms with Crippen molar-refractivity contribution in [3.63, 3.8) is 0 Å². The summed E-state index contributed by atoms with van der Waals surface area (Å²) in [6.07, 6.45) is 1.67. The van der Waals surface area contributed by atoms with E-state index in [0.29, 0.717) is 20.1 Å². The quantitative estimate of drug-likeness (QED) is 0.478. The SMILES string of the molecule is CCOC(=O)C1=C(N)n2c(s/c(=C\c3ccc(Cl)cc3)c2=O)=C(C(=O)OCC)C1c1ccc(Cl)cc1. The second kappa shape index (κ2) is 10.7. The van der Waals surface area contributed by atoms with Crippen molar-refractivity contribution < 1.29 is 19.1 Å². The molecule has 0 fully saturated rings. The number of nitrogens with two attached hydrogens (primary N) is 1. The van der Waals surface area contributed by atoms with Crippen LogP contribution >= 0.6 is 34.5 Å². The molecule has 2 heterocycles. The van der Waals surface area contributed by atoms with Crippen molar-refractivity contribution in [3.8, 4) is 0 Å². The van der Waals surface area contributed by atoms with Crippen LogP contribution in [0.25, 0.3) is 17.5 Å². The maximum absolute atomic E-state index is 13.5. The number of nitrogens with zero attached hydrogens (tertiary/aromatic N) is 1. The monoisotopic (exact) mass is 544 g/mol. The third-order valence-corrected chi connectivity index (χ3v) is 7.12. The molecule has 2 aromatic carbocycles. The van der Waals surface area contributed by atoms with Gasteiger partial charge in [-0.05, 0) is 55.3 Å². The molecule has 36 heavy (non-hydrogen) atoms. The van der Waals surface area contributed by atoms with Gasteiger partial charge in [0.05, 0.1) is 34.8 Å². The lowest BCUT2D eigenvalue weighted by Gasteiger charge is -2.27. The maximum Gasteiger partial charge on any atom is 0.338 e. The van der Waals surface area contributed by atoms with Gasteiger partial charge in [-0.1, -0.05) is 47.5 Å². The molecule has 7 nitrogen and oxygen atoms in total. The minimum Gasteiger partial charge on any atom is -0.463 e. The molecule has 186 valence electrons. The Morgan fingerprint density at radius 2 is 1.47 bits per heavy atom. The van der Waals surface area contributed by atoms with Gasteiger partial charge >= 0.3 is 11.9 Å². The van der Waals surface area contributed by atoms with Gasteiger partial charge in [-0.25, -0.2) is 9.59 Å². The molecule has 1 unspecified atom stereocenters.